The van der Waals surface area contributed by atoms with Crippen molar-refractivity contribution in [2.75, 3.05) is 18.1 Å². The number of aliphatic hydroxyl groups is 2. The molecule has 0 fully saturated rings. The molecule has 0 aromatic heterocycles. The first kappa shape index (κ1) is 30.3. The van der Waals surface area contributed by atoms with E-state index in [0.717, 1.165) is 25.0 Å². The number of hydrogen-bond donors (Lipinski definition) is 2. The van der Waals surface area contributed by atoms with E-state index in [9.17, 15) is 24.6 Å². The summed E-state index contributed by atoms with van der Waals surface area (Å²) in [6.07, 6.45) is 11.5. The molecule has 5 nitrogen and oxygen atoms in total. The van der Waals surface area contributed by atoms with Crippen LogP contribution in [0, 0.1) is 5.41 Å². The molecule has 0 radical (unpaired) electrons. The second-order valence-electron chi connectivity index (χ2n) is 9.33. The Kier molecular flexibility index (Phi) is 18.4. The summed E-state index contributed by atoms with van der Waals surface area (Å²) in [5.41, 5.74) is -0.857. The summed E-state index contributed by atoms with van der Waals surface area (Å²) in [5, 5.41) is 19.2. The van der Waals surface area contributed by atoms with Gasteiger partial charge in [-0.3, -0.25) is 14.4 Å². The van der Waals surface area contributed by atoms with Crippen molar-refractivity contribution < 1.29 is 24.6 Å². The fourth-order valence-electron chi connectivity index (χ4n) is 3.33. The van der Waals surface area contributed by atoms with Crippen LogP contribution in [0.5, 0.6) is 0 Å². The van der Waals surface area contributed by atoms with E-state index in [1.165, 1.54) is 38.5 Å². The number of aliphatic hydroxyl groups excluding tert-OH is 2. The first-order valence-electron chi connectivity index (χ1n) is 12.2. The molecule has 0 bridgehead atoms. The molecule has 0 aliphatic rings. The molecule has 0 saturated heterocycles. The maximum Gasteiger partial charge on any atom is 0.161 e. The van der Waals surface area contributed by atoms with E-state index in [1.54, 1.807) is 25.6 Å². The Labute approximate surface area is 194 Å². The SMILES string of the molecule is CCCCCCCCCCC(=O)CSCCCC(=O)CCCC(=O)[C@H](O)C(C)(C)CO. The Morgan fingerprint density at radius 1 is 0.774 bits per heavy atom. The monoisotopic (exact) mass is 458 g/mol. The zero-order valence-corrected chi connectivity index (χ0v) is 20.9. The van der Waals surface area contributed by atoms with Crippen LogP contribution < -0.4 is 0 Å². The van der Waals surface area contributed by atoms with E-state index < -0.39 is 11.5 Å². The number of unbranched alkanes of at least 4 members (excludes halogenated alkanes) is 7. The zero-order chi connectivity index (χ0) is 23.5. The lowest BCUT2D eigenvalue weighted by Crippen LogP contribution is -2.39. The van der Waals surface area contributed by atoms with Crippen molar-refractivity contribution in [1.29, 1.82) is 0 Å². The van der Waals surface area contributed by atoms with Gasteiger partial charge in [-0.1, -0.05) is 65.7 Å². The number of Topliss-reactive ketones (excluding diaryl/α,β-unsaturated/α-hetero) is 3. The van der Waals surface area contributed by atoms with Crippen LogP contribution in [0.1, 0.15) is 111 Å². The lowest BCUT2D eigenvalue weighted by atomic mass is 9.84. The average Bonchev–Trinajstić information content (AvgIpc) is 2.74. The van der Waals surface area contributed by atoms with E-state index in [0.29, 0.717) is 37.2 Å². The third-order valence-electron chi connectivity index (χ3n) is 5.65. The minimum atomic E-state index is -1.20. The molecule has 0 saturated carbocycles. The smallest absolute Gasteiger partial charge is 0.161 e. The summed E-state index contributed by atoms with van der Waals surface area (Å²) in [4.78, 5) is 35.8. The standard InChI is InChI=1S/C25H46O5S/c1-4-5-6-7-8-9-10-11-14-22(28)19-31-18-13-16-21(27)15-12-17-23(29)24(30)25(2,3)20-26/h24,26,30H,4-20H2,1-3H3/t24-/m0/s1. The maximum absolute atomic E-state index is 12.0. The van der Waals surface area contributed by atoms with Crippen molar-refractivity contribution in [3.63, 3.8) is 0 Å². The Morgan fingerprint density at radius 3 is 1.94 bits per heavy atom. The molecule has 0 amide bonds. The number of ketones is 3. The second kappa shape index (κ2) is 18.8. The Morgan fingerprint density at radius 2 is 1.32 bits per heavy atom. The summed E-state index contributed by atoms with van der Waals surface area (Å²) >= 11 is 1.61. The van der Waals surface area contributed by atoms with Gasteiger partial charge >= 0.3 is 0 Å². The third kappa shape index (κ3) is 16.6. The molecule has 2 N–H and O–H groups in total. The van der Waals surface area contributed by atoms with Gasteiger partial charge in [0.2, 0.25) is 0 Å². The van der Waals surface area contributed by atoms with Crippen LogP contribution in [-0.2, 0) is 14.4 Å². The maximum atomic E-state index is 12.0. The van der Waals surface area contributed by atoms with Gasteiger partial charge < -0.3 is 10.2 Å². The number of thioether (sulfide) groups is 1. The van der Waals surface area contributed by atoms with Crippen LogP contribution in [0.2, 0.25) is 0 Å². The summed E-state index contributed by atoms with van der Waals surface area (Å²) in [6, 6.07) is 0. The highest BCUT2D eigenvalue weighted by atomic mass is 32.2. The van der Waals surface area contributed by atoms with Gasteiger partial charge in [0.05, 0.1) is 12.4 Å². The van der Waals surface area contributed by atoms with Gasteiger partial charge in [0.25, 0.3) is 0 Å². The van der Waals surface area contributed by atoms with Crippen LogP contribution in [0.4, 0.5) is 0 Å². The summed E-state index contributed by atoms with van der Waals surface area (Å²) in [7, 11) is 0. The van der Waals surface area contributed by atoms with E-state index in [4.69, 9.17) is 0 Å². The van der Waals surface area contributed by atoms with Gasteiger partial charge in [0.1, 0.15) is 17.7 Å². The molecule has 1 atom stereocenters. The topological polar surface area (TPSA) is 91.7 Å². The summed E-state index contributed by atoms with van der Waals surface area (Å²) < 4.78 is 0. The normalized spacial score (nSPS) is 12.7. The first-order chi connectivity index (χ1) is 14.7. The summed E-state index contributed by atoms with van der Waals surface area (Å²) in [6.45, 7) is 5.23. The first-order valence-corrected chi connectivity index (χ1v) is 13.3. The molecule has 182 valence electrons. The molecule has 0 aliphatic carbocycles. The van der Waals surface area contributed by atoms with Crippen LogP contribution in [-0.4, -0.2) is 51.8 Å². The molecule has 6 heteroatoms. The van der Waals surface area contributed by atoms with Crippen molar-refractivity contribution in [2.45, 2.75) is 117 Å². The van der Waals surface area contributed by atoms with Gasteiger partial charge in [-0.2, -0.15) is 11.8 Å². The van der Waals surface area contributed by atoms with Crippen LogP contribution in [0.15, 0.2) is 0 Å². The van der Waals surface area contributed by atoms with E-state index >= 15 is 0 Å². The Hall–Kier alpha value is -0.720. The van der Waals surface area contributed by atoms with E-state index in [1.807, 2.05) is 0 Å². The van der Waals surface area contributed by atoms with E-state index in [-0.39, 0.29) is 24.6 Å². The molecule has 0 heterocycles. The molecule has 0 unspecified atom stereocenters. The highest BCUT2D eigenvalue weighted by Crippen LogP contribution is 2.22. The van der Waals surface area contributed by atoms with E-state index in [2.05, 4.69) is 6.92 Å². The number of carbonyl (C=O) groups excluding carboxylic acids is 3. The van der Waals surface area contributed by atoms with Crippen LogP contribution in [0.25, 0.3) is 0 Å². The fraction of sp³-hybridized carbons (Fsp3) is 0.880. The van der Waals surface area contributed by atoms with Gasteiger partial charge in [-0.15, -0.1) is 0 Å². The van der Waals surface area contributed by atoms with Gasteiger partial charge in [0, 0.05) is 31.1 Å². The van der Waals surface area contributed by atoms with Crippen molar-refractivity contribution >= 4 is 29.1 Å². The number of hydrogen-bond acceptors (Lipinski definition) is 6. The molecule has 0 rings (SSSR count). The molecule has 0 aliphatic heterocycles. The lowest BCUT2D eigenvalue weighted by molar-refractivity contribution is -0.135. The lowest BCUT2D eigenvalue weighted by Gasteiger charge is -2.26. The Balaban J connectivity index is 3.60. The van der Waals surface area contributed by atoms with Crippen molar-refractivity contribution in [3.8, 4) is 0 Å². The quantitative estimate of drug-likeness (QED) is 0.214. The van der Waals surface area contributed by atoms with Crippen LogP contribution >= 0.6 is 11.8 Å². The number of carbonyl (C=O) groups is 3. The van der Waals surface area contributed by atoms with Gasteiger partial charge in [-0.25, -0.2) is 0 Å². The molecular formula is C25H46O5S. The van der Waals surface area contributed by atoms with Gasteiger partial charge in [0.15, 0.2) is 5.78 Å². The molecule has 0 aromatic rings. The van der Waals surface area contributed by atoms with Crippen molar-refractivity contribution in [3.05, 3.63) is 0 Å². The second-order valence-corrected chi connectivity index (χ2v) is 10.4. The van der Waals surface area contributed by atoms with Crippen molar-refractivity contribution in [2.24, 2.45) is 5.41 Å². The predicted octanol–water partition coefficient (Wildman–Crippen LogP) is 5.29. The third-order valence-corrected chi connectivity index (χ3v) is 6.75. The zero-order valence-electron chi connectivity index (χ0n) is 20.1. The highest BCUT2D eigenvalue weighted by Gasteiger charge is 2.32. The minimum Gasteiger partial charge on any atom is -0.396 e. The molecule has 0 spiro atoms. The largest absolute Gasteiger partial charge is 0.396 e. The minimum absolute atomic E-state index is 0.120. The van der Waals surface area contributed by atoms with Crippen molar-refractivity contribution in [1.82, 2.24) is 0 Å². The fourth-order valence-corrected chi connectivity index (χ4v) is 4.19. The molecular weight excluding hydrogens is 412 g/mol. The Bertz CT molecular complexity index is 504. The number of rotatable bonds is 22. The highest BCUT2D eigenvalue weighted by molar-refractivity contribution is 7.99. The average molecular weight is 459 g/mol. The predicted molar refractivity (Wildman–Crippen MR) is 130 cm³/mol. The molecule has 31 heavy (non-hydrogen) atoms. The molecule has 0 aromatic carbocycles. The van der Waals surface area contributed by atoms with Gasteiger partial charge in [-0.05, 0) is 25.0 Å². The van der Waals surface area contributed by atoms with Crippen LogP contribution in [0.3, 0.4) is 0 Å². The summed E-state index contributed by atoms with van der Waals surface area (Å²) in [5.74, 6) is 1.45.